The van der Waals surface area contributed by atoms with E-state index in [0.29, 0.717) is 6.42 Å². The molecule has 1 amide bonds. The monoisotopic (exact) mass is 339 g/mol. The largest absolute Gasteiger partial charge is 0.508 e. The zero-order valence-corrected chi connectivity index (χ0v) is 14.3. The Bertz CT molecular complexity index is 714. The Balaban J connectivity index is 1.52. The molecule has 1 aliphatic rings. The fourth-order valence-corrected chi connectivity index (χ4v) is 3.52. The third-order valence-corrected chi connectivity index (χ3v) is 4.92. The van der Waals surface area contributed by atoms with Gasteiger partial charge in [-0.25, -0.2) is 0 Å². The number of hydrogen-bond acceptors (Lipinski definition) is 3. The minimum Gasteiger partial charge on any atom is -0.508 e. The van der Waals surface area contributed by atoms with Gasteiger partial charge in [0.05, 0.1) is 12.0 Å². The van der Waals surface area contributed by atoms with Crippen molar-refractivity contribution in [2.45, 2.75) is 44.1 Å². The summed E-state index contributed by atoms with van der Waals surface area (Å²) in [6.45, 7) is 0.260. The van der Waals surface area contributed by atoms with E-state index in [1.807, 2.05) is 36.4 Å². The molecule has 132 valence electrons. The maximum atomic E-state index is 12.5. The average Bonchev–Trinajstić information content (AvgIpc) is 2.65. The summed E-state index contributed by atoms with van der Waals surface area (Å²) in [7, 11) is 0. The SMILES string of the molecule is O=C(NC[C@H](O)CCc1ccccc1)[C@@H]1CCCc2c(O)cccc21. The highest BCUT2D eigenvalue weighted by molar-refractivity contribution is 5.84. The lowest BCUT2D eigenvalue weighted by Crippen LogP contribution is -2.36. The first-order valence-corrected chi connectivity index (χ1v) is 8.95. The number of phenolic OH excluding ortho intramolecular Hbond substituents is 1. The van der Waals surface area contributed by atoms with Gasteiger partial charge >= 0.3 is 0 Å². The van der Waals surface area contributed by atoms with Gasteiger partial charge in [-0.05, 0) is 54.9 Å². The lowest BCUT2D eigenvalue weighted by molar-refractivity contribution is -0.123. The molecule has 4 nitrogen and oxygen atoms in total. The summed E-state index contributed by atoms with van der Waals surface area (Å²) >= 11 is 0. The van der Waals surface area contributed by atoms with E-state index in [1.165, 1.54) is 5.56 Å². The van der Waals surface area contributed by atoms with Gasteiger partial charge in [-0.2, -0.15) is 0 Å². The first-order valence-electron chi connectivity index (χ1n) is 8.95. The molecule has 2 aromatic rings. The molecule has 0 aromatic heterocycles. The fraction of sp³-hybridized carbons (Fsp3) is 0.381. The molecule has 0 spiro atoms. The molecular formula is C21H25NO3. The van der Waals surface area contributed by atoms with Crippen molar-refractivity contribution in [1.29, 1.82) is 0 Å². The molecule has 0 saturated carbocycles. The number of aromatic hydroxyl groups is 1. The molecule has 0 bridgehead atoms. The number of amides is 1. The van der Waals surface area contributed by atoms with E-state index >= 15 is 0 Å². The lowest BCUT2D eigenvalue weighted by atomic mass is 9.82. The predicted molar refractivity (Wildman–Crippen MR) is 97.6 cm³/mol. The van der Waals surface area contributed by atoms with Crippen LogP contribution in [0.3, 0.4) is 0 Å². The zero-order valence-electron chi connectivity index (χ0n) is 14.3. The van der Waals surface area contributed by atoms with E-state index in [9.17, 15) is 15.0 Å². The molecule has 3 N–H and O–H groups in total. The highest BCUT2D eigenvalue weighted by Gasteiger charge is 2.27. The summed E-state index contributed by atoms with van der Waals surface area (Å²) in [4.78, 5) is 12.5. The summed E-state index contributed by atoms with van der Waals surface area (Å²) < 4.78 is 0. The Morgan fingerprint density at radius 1 is 1.16 bits per heavy atom. The van der Waals surface area contributed by atoms with Crippen molar-refractivity contribution in [3.8, 4) is 5.75 Å². The first kappa shape index (κ1) is 17.5. The molecule has 0 fully saturated rings. The van der Waals surface area contributed by atoms with E-state index in [-0.39, 0.29) is 24.1 Å². The van der Waals surface area contributed by atoms with Gasteiger partial charge in [0.2, 0.25) is 5.91 Å². The molecular weight excluding hydrogens is 314 g/mol. The summed E-state index contributed by atoms with van der Waals surface area (Å²) in [5.74, 6) is -0.0274. The number of nitrogens with one attached hydrogen (secondary N) is 1. The van der Waals surface area contributed by atoms with E-state index < -0.39 is 6.10 Å². The molecule has 0 heterocycles. The number of hydrogen-bond donors (Lipinski definition) is 3. The smallest absolute Gasteiger partial charge is 0.227 e. The molecule has 0 unspecified atom stereocenters. The maximum absolute atomic E-state index is 12.5. The van der Waals surface area contributed by atoms with E-state index in [0.717, 1.165) is 36.8 Å². The van der Waals surface area contributed by atoms with Gasteiger partial charge in [-0.15, -0.1) is 0 Å². The summed E-state index contributed by atoms with van der Waals surface area (Å²) in [5, 5.41) is 23.0. The van der Waals surface area contributed by atoms with Crippen molar-refractivity contribution in [2.75, 3.05) is 6.54 Å². The van der Waals surface area contributed by atoms with Crippen LogP contribution in [0.15, 0.2) is 48.5 Å². The molecule has 2 atom stereocenters. The van der Waals surface area contributed by atoms with Crippen LogP contribution < -0.4 is 5.32 Å². The normalized spacial score (nSPS) is 17.6. The maximum Gasteiger partial charge on any atom is 0.227 e. The van der Waals surface area contributed by atoms with Gasteiger partial charge in [0.25, 0.3) is 0 Å². The summed E-state index contributed by atoms with van der Waals surface area (Å²) in [6.07, 6.45) is 3.33. The van der Waals surface area contributed by atoms with Gasteiger partial charge in [0.15, 0.2) is 0 Å². The van der Waals surface area contributed by atoms with Gasteiger partial charge in [-0.1, -0.05) is 42.5 Å². The van der Waals surface area contributed by atoms with Crippen LogP contribution in [0.4, 0.5) is 0 Å². The van der Waals surface area contributed by atoms with Crippen molar-refractivity contribution in [2.24, 2.45) is 0 Å². The van der Waals surface area contributed by atoms with Crippen LogP contribution >= 0.6 is 0 Å². The van der Waals surface area contributed by atoms with Gasteiger partial charge < -0.3 is 15.5 Å². The van der Waals surface area contributed by atoms with Crippen LogP contribution in [-0.4, -0.2) is 28.8 Å². The molecule has 25 heavy (non-hydrogen) atoms. The zero-order chi connectivity index (χ0) is 17.6. The molecule has 3 rings (SSSR count). The van der Waals surface area contributed by atoms with Crippen LogP contribution in [-0.2, 0) is 17.6 Å². The standard InChI is InChI=1S/C21H25NO3/c23-16(13-12-15-6-2-1-3-7-15)14-22-21(25)19-10-4-9-18-17(19)8-5-11-20(18)24/h1-3,5-8,11,16,19,23-24H,4,9-10,12-14H2,(H,22,25)/t16-,19-/m1/s1. The first-order chi connectivity index (χ1) is 12.1. The van der Waals surface area contributed by atoms with Crippen molar-refractivity contribution in [3.05, 3.63) is 65.2 Å². The van der Waals surface area contributed by atoms with Crippen molar-refractivity contribution >= 4 is 5.91 Å². The van der Waals surface area contributed by atoms with Gasteiger partial charge in [0.1, 0.15) is 5.75 Å². The van der Waals surface area contributed by atoms with Gasteiger partial charge in [0, 0.05) is 6.54 Å². The Labute approximate surface area is 148 Å². The Hall–Kier alpha value is -2.33. The highest BCUT2D eigenvalue weighted by atomic mass is 16.3. The van der Waals surface area contributed by atoms with E-state index in [4.69, 9.17) is 0 Å². The number of aliphatic hydroxyl groups is 1. The average molecular weight is 339 g/mol. The van der Waals surface area contributed by atoms with Crippen LogP contribution in [0.2, 0.25) is 0 Å². The van der Waals surface area contributed by atoms with Crippen LogP contribution in [0.25, 0.3) is 0 Å². The predicted octanol–water partition coefficient (Wildman–Crippen LogP) is 2.92. The third kappa shape index (κ3) is 4.40. The van der Waals surface area contributed by atoms with E-state index in [2.05, 4.69) is 5.32 Å². The molecule has 1 aliphatic carbocycles. The number of carbonyl (C=O) groups excluding carboxylic acids is 1. The van der Waals surface area contributed by atoms with E-state index in [1.54, 1.807) is 12.1 Å². The number of aryl methyl sites for hydroxylation is 1. The molecule has 4 heteroatoms. The molecule has 0 radical (unpaired) electrons. The van der Waals surface area contributed by atoms with Crippen LogP contribution in [0.5, 0.6) is 5.75 Å². The number of fused-ring (bicyclic) bond motifs is 1. The van der Waals surface area contributed by atoms with Crippen LogP contribution in [0.1, 0.15) is 41.9 Å². The number of aliphatic hydroxyl groups excluding tert-OH is 1. The topological polar surface area (TPSA) is 69.6 Å². The lowest BCUT2D eigenvalue weighted by Gasteiger charge is -2.25. The second-order valence-corrected chi connectivity index (χ2v) is 6.71. The minimum atomic E-state index is -0.559. The molecule has 0 aliphatic heterocycles. The number of benzene rings is 2. The number of rotatable bonds is 6. The fourth-order valence-electron chi connectivity index (χ4n) is 3.52. The molecule has 0 saturated heterocycles. The number of carbonyl (C=O) groups is 1. The van der Waals surface area contributed by atoms with Crippen LogP contribution in [0, 0.1) is 0 Å². The molecule has 2 aromatic carbocycles. The second kappa shape index (κ2) is 8.17. The minimum absolute atomic E-state index is 0.0645. The number of phenols is 1. The van der Waals surface area contributed by atoms with Crippen molar-refractivity contribution in [1.82, 2.24) is 5.32 Å². The quantitative estimate of drug-likeness (QED) is 0.758. The van der Waals surface area contributed by atoms with Gasteiger partial charge in [-0.3, -0.25) is 4.79 Å². The Morgan fingerprint density at radius 3 is 2.76 bits per heavy atom. The third-order valence-electron chi connectivity index (χ3n) is 4.92. The Kier molecular flexibility index (Phi) is 5.71. The highest BCUT2D eigenvalue weighted by Crippen LogP contribution is 2.36. The Morgan fingerprint density at radius 2 is 1.96 bits per heavy atom. The summed E-state index contributed by atoms with van der Waals surface area (Å²) in [5.41, 5.74) is 2.99. The van der Waals surface area contributed by atoms with Crippen molar-refractivity contribution < 1.29 is 15.0 Å². The summed E-state index contributed by atoms with van der Waals surface area (Å²) in [6, 6.07) is 15.4. The second-order valence-electron chi connectivity index (χ2n) is 6.71. The van der Waals surface area contributed by atoms with Crippen molar-refractivity contribution in [3.63, 3.8) is 0 Å².